The van der Waals surface area contributed by atoms with Crippen LogP contribution in [0, 0.1) is 0 Å². The van der Waals surface area contributed by atoms with Gasteiger partial charge in [0.15, 0.2) is 0 Å². The van der Waals surface area contributed by atoms with Crippen LogP contribution in [0.1, 0.15) is 64.3 Å². The molecule has 1 atom stereocenters. The fourth-order valence-electron chi connectivity index (χ4n) is 11.4. The minimum Gasteiger partial charge on any atom is -0.310 e. The van der Waals surface area contributed by atoms with Gasteiger partial charge in [-0.25, -0.2) is 0 Å². The molecule has 0 aliphatic heterocycles. The number of aryl methyl sites for hydroxylation is 1. The molecule has 1 aliphatic rings. The van der Waals surface area contributed by atoms with Crippen molar-refractivity contribution in [1.82, 2.24) is 4.57 Å². The molecule has 1 heterocycles. The van der Waals surface area contributed by atoms with Crippen molar-refractivity contribution in [2.45, 2.75) is 31.6 Å². The molecule has 350 valence electrons. The summed E-state index contributed by atoms with van der Waals surface area (Å²) in [6, 6.07) is 85.6. The SMILES string of the molecule is C=Cc1ccc(-c2ccc3c(c2)c2cc(-c4ccc(N(c5ccccc5)c5ccc6c(c5)C(c5ccc(C=C)cc5)(c5ccc(CCCC)cc5)c5ccccc5-6)cc4)ccc2n3-c2ccc(C=C)cc2)cc1. The van der Waals surface area contributed by atoms with E-state index in [1.165, 1.54) is 73.7 Å². The number of fused-ring (bicyclic) bond motifs is 6. The summed E-state index contributed by atoms with van der Waals surface area (Å²) in [7, 11) is 0. The number of benzene rings is 10. The quantitative estimate of drug-likeness (QED) is 0.105. The van der Waals surface area contributed by atoms with E-state index in [9.17, 15) is 0 Å². The van der Waals surface area contributed by atoms with Crippen molar-refractivity contribution in [1.29, 1.82) is 0 Å². The van der Waals surface area contributed by atoms with Crippen molar-refractivity contribution < 1.29 is 0 Å². The molecular weight excluding hydrogens is 881 g/mol. The maximum Gasteiger partial charge on any atom is 0.0714 e. The Morgan fingerprint density at radius 2 is 0.904 bits per heavy atom. The summed E-state index contributed by atoms with van der Waals surface area (Å²) >= 11 is 0. The molecule has 1 aliphatic carbocycles. The van der Waals surface area contributed by atoms with Gasteiger partial charge in [0.2, 0.25) is 0 Å². The molecule has 2 nitrogen and oxygen atoms in total. The largest absolute Gasteiger partial charge is 0.310 e. The maximum atomic E-state index is 4.10. The molecule has 0 amide bonds. The molecule has 0 bridgehead atoms. The standard InChI is InChI=1S/C71H56N2/c1-5-9-15-52-24-36-58(37-25-52)71(57-34-22-50(7-3)23-35-57)67-19-14-13-18-63(67)64-43-42-62(48-68(64)71)72(59-16-11-10-12-17-59)60-40-30-54(31-41-60)56-33-45-70-66(47-56)65-46-55(53-28-20-49(6-2)21-29-53)32-44-69(65)73(70)61-38-26-51(8-4)27-39-61/h6-8,10-14,16-48H,2-5,9,15H2,1H3. The molecule has 12 rings (SSSR count). The minimum absolute atomic E-state index is 0.551. The van der Waals surface area contributed by atoms with Crippen molar-refractivity contribution in [2.75, 3.05) is 4.90 Å². The van der Waals surface area contributed by atoms with Gasteiger partial charge in [0.1, 0.15) is 0 Å². The highest BCUT2D eigenvalue weighted by atomic mass is 15.1. The van der Waals surface area contributed by atoms with Gasteiger partial charge in [0.05, 0.1) is 16.4 Å². The second-order valence-corrected chi connectivity index (χ2v) is 19.3. The first kappa shape index (κ1) is 45.2. The van der Waals surface area contributed by atoms with Crippen LogP contribution in [0.3, 0.4) is 0 Å². The molecular formula is C71H56N2. The van der Waals surface area contributed by atoms with Crippen LogP contribution in [-0.4, -0.2) is 4.57 Å². The van der Waals surface area contributed by atoms with Crippen molar-refractivity contribution in [2.24, 2.45) is 0 Å². The number of hydrogen-bond acceptors (Lipinski definition) is 1. The molecule has 0 saturated carbocycles. The van der Waals surface area contributed by atoms with Crippen LogP contribution in [-0.2, 0) is 11.8 Å². The first-order chi connectivity index (χ1) is 36.0. The number of rotatable bonds is 14. The van der Waals surface area contributed by atoms with Crippen LogP contribution in [0.25, 0.3) is 79.1 Å². The van der Waals surface area contributed by atoms with Gasteiger partial charge in [0.25, 0.3) is 0 Å². The van der Waals surface area contributed by atoms with Gasteiger partial charge in [-0.3, -0.25) is 0 Å². The van der Waals surface area contributed by atoms with Crippen molar-refractivity contribution in [3.05, 3.63) is 295 Å². The molecule has 0 N–H and O–H groups in total. The molecule has 10 aromatic carbocycles. The summed E-state index contributed by atoms with van der Waals surface area (Å²) in [5.41, 5.74) is 23.1. The second-order valence-electron chi connectivity index (χ2n) is 19.3. The lowest BCUT2D eigenvalue weighted by Crippen LogP contribution is -2.29. The smallest absolute Gasteiger partial charge is 0.0714 e. The highest BCUT2D eigenvalue weighted by molar-refractivity contribution is 6.11. The summed E-state index contributed by atoms with van der Waals surface area (Å²) in [4.78, 5) is 2.41. The Hall–Kier alpha value is -8.98. The number of hydrogen-bond donors (Lipinski definition) is 0. The number of para-hydroxylation sites is 1. The van der Waals surface area contributed by atoms with E-state index in [1.54, 1.807) is 0 Å². The lowest BCUT2D eigenvalue weighted by molar-refractivity contribution is 0.763. The zero-order valence-corrected chi connectivity index (χ0v) is 41.3. The minimum atomic E-state index is -0.551. The number of anilines is 3. The fraction of sp³-hybridized carbons (Fsp3) is 0.0704. The Morgan fingerprint density at radius 1 is 0.425 bits per heavy atom. The average Bonchev–Trinajstić information content (AvgIpc) is 3.95. The molecule has 0 saturated heterocycles. The molecule has 2 heteroatoms. The Bertz CT molecular complexity index is 3840. The normalized spacial score (nSPS) is 13.7. The molecule has 1 unspecified atom stereocenters. The zero-order valence-electron chi connectivity index (χ0n) is 41.3. The number of nitrogens with zero attached hydrogens (tertiary/aromatic N) is 2. The van der Waals surface area contributed by atoms with Gasteiger partial charge in [-0.2, -0.15) is 0 Å². The first-order valence-corrected chi connectivity index (χ1v) is 25.6. The van der Waals surface area contributed by atoms with Gasteiger partial charge < -0.3 is 9.47 Å². The number of unbranched alkanes of at least 4 members (excludes halogenated alkanes) is 1. The van der Waals surface area contributed by atoms with Crippen LogP contribution >= 0.6 is 0 Å². The zero-order chi connectivity index (χ0) is 49.5. The Morgan fingerprint density at radius 3 is 1.49 bits per heavy atom. The van der Waals surface area contributed by atoms with Crippen molar-refractivity contribution >= 4 is 57.1 Å². The monoisotopic (exact) mass is 936 g/mol. The molecule has 0 radical (unpaired) electrons. The summed E-state index contributed by atoms with van der Waals surface area (Å²) < 4.78 is 2.38. The summed E-state index contributed by atoms with van der Waals surface area (Å²) in [6.07, 6.45) is 9.15. The molecule has 0 spiro atoms. The summed E-state index contributed by atoms with van der Waals surface area (Å²) in [5.74, 6) is 0. The van der Waals surface area contributed by atoms with Gasteiger partial charge in [-0.05, 0) is 164 Å². The average molecular weight is 937 g/mol. The van der Waals surface area contributed by atoms with Crippen molar-refractivity contribution in [3.63, 3.8) is 0 Å². The third kappa shape index (κ3) is 7.84. The van der Waals surface area contributed by atoms with Gasteiger partial charge in [0, 0.05) is 33.5 Å². The van der Waals surface area contributed by atoms with Crippen LogP contribution < -0.4 is 4.90 Å². The highest BCUT2D eigenvalue weighted by Gasteiger charge is 2.46. The van der Waals surface area contributed by atoms with E-state index in [1.807, 2.05) is 18.2 Å². The van der Waals surface area contributed by atoms with E-state index in [-0.39, 0.29) is 0 Å². The van der Waals surface area contributed by atoms with Crippen LogP contribution in [0.5, 0.6) is 0 Å². The lowest BCUT2D eigenvalue weighted by atomic mass is 9.67. The van der Waals surface area contributed by atoms with E-state index in [0.717, 1.165) is 68.0 Å². The first-order valence-electron chi connectivity index (χ1n) is 25.6. The van der Waals surface area contributed by atoms with Gasteiger partial charge in [-0.15, -0.1) is 0 Å². The predicted octanol–water partition coefficient (Wildman–Crippen LogP) is 19.2. The second kappa shape index (κ2) is 19.0. The van der Waals surface area contributed by atoms with Crippen LogP contribution in [0.15, 0.2) is 250 Å². The molecule has 73 heavy (non-hydrogen) atoms. The van der Waals surface area contributed by atoms with E-state index < -0.39 is 5.41 Å². The highest BCUT2D eigenvalue weighted by Crippen LogP contribution is 2.57. The summed E-state index contributed by atoms with van der Waals surface area (Å²) in [5, 5.41) is 2.41. The van der Waals surface area contributed by atoms with Crippen LogP contribution in [0.4, 0.5) is 17.1 Å². The van der Waals surface area contributed by atoms with E-state index in [0.29, 0.717) is 0 Å². The maximum absolute atomic E-state index is 4.10. The third-order valence-corrected chi connectivity index (χ3v) is 15.2. The Kier molecular flexibility index (Phi) is 11.7. The molecule has 0 fully saturated rings. The van der Waals surface area contributed by atoms with Gasteiger partial charge >= 0.3 is 0 Å². The lowest BCUT2D eigenvalue weighted by Gasteiger charge is -2.35. The number of aromatic nitrogens is 1. The fourth-order valence-corrected chi connectivity index (χ4v) is 11.4. The van der Waals surface area contributed by atoms with Crippen molar-refractivity contribution in [3.8, 4) is 39.1 Å². The molecule has 1 aromatic heterocycles. The third-order valence-electron chi connectivity index (χ3n) is 15.2. The van der Waals surface area contributed by atoms with E-state index in [4.69, 9.17) is 0 Å². The summed E-state index contributed by atoms with van der Waals surface area (Å²) in [6.45, 7) is 14.3. The van der Waals surface area contributed by atoms with E-state index in [2.05, 4.69) is 267 Å². The van der Waals surface area contributed by atoms with E-state index >= 15 is 0 Å². The topological polar surface area (TPSA) is 8.17 Å². The van der Waals surface area contributed by atoms with Crippen LogP contribution in [0.2, 0.25) is 0 Å². The Balaban J connectivity index is 0.984. The predicted molar refractivity (Wildman–Crippen MR) is 313 cm³/mol. The Labute approximate surface area is 429 Å². The van der Waals surface area contributed by atoms with Gasteiger partial charge in [-0.1, -0.05) is 209 Å². The molecule has 11 aromatic rings.